The second kappa shape index (κ2) is 13.4. The second-order valence-corrected chi connectivity index (χ2v) is 8.94. The Morgan fingerprint density at radius 2 is 1.57 bits per heavy atom. The molecule has 0 spiro atoms. The molecule has 1 heterocycles. The Hall–Kier alpha value is -3.94. The number of hydrogen-bond donors (Lipinski definition) is 1. The maximum Gasteiger partial charge on any atom is 0.271 e. The van der Waals surface area contributed by atoms with Crippen LogP contribution in [0, 0.1) is 0 Å². The fourth-order valence-corrected chi connectivity index (χ4v) is 4.23. The van der Waals surface area contributed by atoms with Crippen molar-refractivity contribution in [3.05, 3.63) is 108 Å². The van der Waals surface area contributed by atoms with Crippen LogP contribution in [0.3, 0.4) is 0 Å². The van der Waals surface area contributed by atoms with Gasteiger partial charge in [0.05, 0.1) is 13.3 Å². The van der Waals surface area contributed by atoms with E-state index in [0.717, 1.165) is 44.8 Å². The molecule has 0 bridgehead atoms. The Morgan fingerprint density at radius 1 is 0.919 bits per heavy atom. The van der Waals surface area contributed by atoms with Gasteiger partial charge in [0, 0.05) is 44.8 Å². The van der Waals surface area contributed by atoms with Gasteiger partial charge in [0.1, 0.15) is 6.61 Å². The maximum atomic E-state index is 12.5. The van der Waals surface area contributed by atoms with Crippen LogP contribution in [-0.4, -0.2) is 61.8 Å². The summed E-state index contributed by atoms with van der Waals surface area (Å²) in [6, 6.07) is 23.8. The Balaban J connectivity index is 1.23. The van der Waals surface area contributed by atoms with Crippen LogP contribution in [0.25, 0.3) is 0 Å². The molecule has 0 aromatic heterocycles. The highest BCUT2D eigenvalue weighted by Crippen LogP contribution is 2.27. The average Bonchev–Trinajstić information content (AvgIpc) is 2.94. The van der Waals surface area contributed by atoms with Crippen LogP contribution in [0.1, 0.15) is 27.0 Å². The minimum atomic E-state index is -0.254. The zero-order valence-corrected chi connectivity index (χ0v) is 21.3. The Kier molecular flexibility index (Phi) is 9.46. The van der Waals surface area contributed by atoms with Crippen LogP contribution < -0.4 is 14.9 Å². The second-order valence-electron chi connectivity index (χ2n) is 8.94. The van der Waals surface area contributed by atoms with Crippen molar-refractivity contribution in [3.8, 4) is 11.5 Å². The molecule has 7 nitrogen and oxygen atoms in total. The smallest absolute Gasteiger partial charge is 0.271 e. The molecule has 0 saturated carbocycles. The number of amides is 1. The van der Waals surface area contributed by atoms with Crippen LogP contribution in [0.4, 0.5) is 0 Å². The highest BCUT2D eigenvalue weighted by Gasteiger charge is 2.17. The Labute approximate surface area is 219 Å². The lowest BCUT2D eigenvalue weighted by Gasteiger charge is -2.34. The first kappa shape index (κ1) is 26.1. The van der Waals surface area contributed by atoms with E-state index in [1.54, 1.807) is 31.5 Å². The van der Waals surface area contributed by atoms with Crippen molar-refractivity contribution in [2.75, 3.05) is 39.9 Å². The van der Waals surface area contributed by atoms with Gasteiger partial charge in [-0.3, -0.25) is 14.6 Å². The number of hydrogen-bond acceptors (Lipinski definition) is 6. The predicted octanol–water partition coefficient (Wildman–Crippen LogP) is 4.34. The number of ether oxygens (including phenoxy) is 2. The fourth-order valence-electron chi connectivity index (χ4n) is 4.23. The Morgan fingerprint density at radius 3 is 2.19 bits per heavy atom. The van der Waals surface area contributed by atoms with E-state index >= 15 is 0 Å². The third kappa shape index (κ3) is 7.77. The number of piperazine rings is 1. The van der Waals surface area contributed by atoms with Crippen LogP contribution >= 0.6 is 0 Å². The van der Waals surface area contributed by atoms with Crippen molar-refractivity contribution >= 4 is 12.1 Å². The number of benzene rings is 3. The van der Waals surface area contributed by atoms with E-state index < -0.39 is 0 Å². The average molecular weight is 499 g/mol. The van der Waals surface area contributed by atoms with Crippen molar-refractivity contribution in [2.24, 2.45) is 5.10 Å². The molecule has 1 saturated heterocycles. The van der Waals surface area contributed by atoms with Gasteiger partial charge in [-0.1, -0.05) is 55.1 Å². The first-order valence-corrected chi connectivity index (χ1v) is 12.5. The molecule has 3 aromatic rings. The third-order valence-electron chi connectivity index (χ3n) is 6.26. The lowest BCUT2D eigenvalue weighted by molar-refractivity contribution is 0.0955. The molecule has 37 heavy (non-hydrogen) atoms. The largest absolute Gasteiger partial charge is 0.493 e. The number of carbonyl (C=O) groups excluding carboxylic acids is 1. The zero-order valence-electron chi connectivity index (χ0n) is 21.3. The van der Waals surface area contributed by atoms with E-state index in [-0.39, 0.29) is 5.91 Å². The highest BCUT2D eigenvalue weighted by molar-refractivity contribution is 5.95. The standard InChI is InChI=1S/C30H34N4O3/c1-3-19-37-28-14-11-26(20-29(28)36-2)21-31-32-30(35)27-12-9-25(10-13-27)23-34-17-15-33(16-18-34)22-24-7-5-4-6-8-24/h3-14,20-21H,1,15-19,22-23H2,2H3,(H,32,35)/b31-21-. The zero-order chi connectivity index (χ0) is 25.9. The molecule has 1 amide bonds. The number of nitrogens with one attached hydrogen (secondary N) is 1. The van der Waals surface area contributed by atoms with Crippen molar-refractivity contribution in [2.45, 2.75) is 13.1 Å². The quantitative estimate of drug-likeness (QED) is 0.242. The summed E-state index contributed by atoms with van der Waals surface area (Å²) in [6.07, 6.45) is 3.24. The summed E-state index contributed by atoms with van der Waals surface area (Å²) in [4.78, 5) is 17.5. The van der Waals surface area contributed by atoms with Gasteiger partial charge in [-0.05, 0) is 47.0 Å². The number of rotatable bonds is 11. The summed E-state index contributed by atoms with van der Waals surface area (Å²) < 4.78 is 10.9. The molecule has 0 radical (unpaired) electrons. The fraction of sp³-hybridized carbons (Fsp3) is 0.267. The van der Waals surface area contributed by atoms with Crippen molar-refractivity contribution < 1.29 is 14.3 Å². The molecule has 3 aromatic carbocycles. The van der Waals surface area contributed by atoms with Crippen LogP contribution in [0.15, 0.2) is 90.6 Å². The molecule has 0 atom stereocenters. The van der Waals surface area contributed by atoms with Crippen LogP contribution in [-0.2, 0) is 13.1 Å². The van der Waals surface area contributed by atoms with Gasteiger partial charge in [0.2, 0.25) is 0 Å². The maximum absolute atomic E-state index is 12.5. The highest BCUT2D eigenvalue weighted by atomic mass is 16.5. The molecule has 1 aliphatic rings. The molecule has 4 rings (SSSR count). The predicted molar refractivity (Wildman–Crippen MR) is 147 cm³/mol. The summed E-state index contributed by atoms with van der Waals surface area (Å²) in [5.41, 5.74) is 6.50. The lowest BCUT2D eigenvalue weighted by atomic mass is 10.1. The van der Waals surface area contributed by atoms with Crippen molar-refractivity contribution in [1.82, 2.24) is 15.2 Å². The monoisotopic (exact) mass is 498 g/mol. The van der Waals surface area contributed by atoms with E-state index in [9.17, 15) is 4.79 Å². The number of methoxy groups -OCH3 is 1. The van der Waals surface area contributed by atoms with E-state index in [1.165, 1.54) is 11.1 Å². The van der Waals surface area contributed by atoms with Gasteiger partial charge in [-0.2, -0.15) is 5.10 Å². The summed E-state index contributed by atoms with van der Waals surface area (Å²) in [5, 5.41) is 4.09. The van der Waals surface area contributed by atoms with Gasteiger partial charge in [0.25, 0.3) is 5.91 Å². The first-order chi connectivity index (χ1) is 18.1. The van der Waals surface area contributed by atoms with Crippen molar-refractivity contribution in [3.63, 3.8) is 0 Å². The van der Waals surface area contributed by atoms with Crippen LogP contribution in [0.2, 0.25) is 0 Å². The molecular formula is C30H34N4O3. The molecule has 192 valence electrons. The van der Waals surface area contributed by atoms with Crippen molar-refractivity contribution in [1.29, 1.82) is 0 Å². The number of carbonyl (C=O) groups is 1. The van der Waals surface area contributed by atoms with Gasteiger partial charge < -0.3 is 9.47 Å². The molecule has 0 unspecified atom stereocenters. The molecule has 1 N–H and O–H groups in total. The summed E-state index contributed by atoms with van der Waals surface area (Å²) in [7, 11) is 1.58. The molecular weight excluding hydrogens is 464 g/mol. The normalized spacial score (nSPS) is 14.4. The van der Waals surface area contributed by atoms with Gasteiger partial charge in [0.15, 0.2) is 11.5 Å². The lowest BCUT2D eigenvalue weighted by Crippen LogP contribution is -2.45. The number of hydrazone groups is 1. The van der Waals surface area contributed by atoms with E-state index in [1.807, 2.05) is 30.3 Å². The summed E-state index contributed by atoms with van der Waals surface area (Å²) >= 11 is 0. The van der Waals surface area contributed by atoms with E-state index in [2.05, 4.69) is 57.2 Å². The topological polar surface area (TPSA) is 66.4 Å². The molecule has 0 aliphatic carbocycles. The third-order valence-corrected chi connectivity index (χ3v) is 6.26. The van der Waals surface area contributed by atoms with Gasteiger partial charge in [-0.15, -0.1) is 0 Å². The van der Waals surface area contributed by atoms with Crippen LogP contribution in [0.5, 0.6) is 11.5 Å². The van der Waals surface area contributed by atoms with Gasteiger partial charge in [-0.25, -0.2) is 5.43 Å². The van der Waals surface area contributed by atoms with Gasteiger partial charge >= 0.3 is 0 Å². The SMILES string of the molecule is C=CCOc1ccc(/C=N\NC(=O)c2ccc(CN3CCN(Cc4ccccc4)CC3)cc2)cc1OC. The molecule has 1 fully saturated rings. The summed E-state index contributed by atoms with van der Waals surface area (Å²) in [5.74, 6) is 0.957. The summed E-state index contributed by atoms with van der Waals surface area (Å²) in [6.45, 7) is 10.1. The Bertz CT molecular complexity index is 1190. The molecule has 7 heteroatoms. The van der Waals surface area contributed by atoms with E-state index in [4.69, 9.17) is 9.47 Å². The first-order valence-electron chi connectivity index (χ1n) is 12.5. The minimum Gasteiger partial charge on any atom is -0.493 e. The number of nitrogens with zero attached hydrogens (tertiary/aromatic N) is 3. The minimum absolute atomic E-state index is 0.254. The van der Waals surface area contributed by atoms with E-state index in [0.29, 0.717) is 23.7 Å². The molecule has 1 aliphatic heterocycles.